The summed E-state index contributed by atoms with van der Waals surface area (Å²) >= 11 is 0. The van der Waals surface area contributed by atoms with E-state index in [4.69, 9.17) is 0 Å². The first-order valence-corrected chi connectivity index (χ1v) is 12.4. The summed E-state index contributed by atoms with van der Waals surface area (Å²) in [5.41, 5.74) is -0.373. The van der Waals surface area contributed by atoms with E-state index in [0.29, 0.717) is 12.0 Å². The number of likely N-dealkylation sites (N-methyl/N-ethyl adjacent to an activating group) is 1. The van der Waals surface area contributed by atoms with E-state index in [0.717, 1.165) is 51.0 Å². The molecule has 0 aromatic heterocycles. The van der Waals surface area contributed by atoms with Gasteiger partial charge in [-0.2, -0.15) is 0 Å². The molecule has 3 saturated heterocycles. The number of nitrogens with zero attached hydrogens (tertiary/aromatic N) is 4. The van der Waals surface area contributed by atoms with Crippen LogP contribution < -0.4 is 0 Å². The van der Waals surface area contributed by atoms with Crippen molar-refractivity contribution in [1.82, 2.24) is 19.6 Å². The second-order valence-corrected chi connectivity index (χ2v) is 11.4. The zero-order chi connectivity index (χ0) is 20.5. The van der Waals surface area contributed by atoms with Gasteiger partial charge >= 0.3 is 0 Å². The van der Waals surface area contributed by atoms with Gasteiger partial charge in [0.05, 0.1) is 0 Å². The highest BCUT2D eigenvalue weighted by atomic mass is 19.1. The van der Waals surface area contributed by atoms with Gasteiger partial charge in [-0.05, 0) is 76.4 Å². The number of likely N-dealkylation sites (tertiary alicyclic amines) is 2. The Morgan fingerprint density at radius 2 is 1.38 bits per heavy atom. The van der Waals surface area contributed by atoms with Gasteiger partial charge in [-0.25, -0.2) is 4.39 Å². The molecule has 0 bridgehead atoms. The van der Waals surface area contributed by atoms with Gasteiger partial charge in [-0.1, -0.05) is 13.8 Å². The summed E-state index contributed by atoms with van der Waals surface area (Å²) in [6.07, 6.45) is 8.07. The van der Waals surface area contributed by atoms with E-state index in [1.165, 1.54) is 64.8 Å². The largest absolute Gasteiger partial charge is 0.304 e. The molecule has 0 aromatic rings. The molecule has 0 N–H and O–H groups in total. The lowest BCUT2D eigenvalue weighted by molar-refractivity contribution is 0.000919. The first-order chi connectivity index (χ1) is 13.8. The predicted molar refractivity (Wildman–Crippen MR) is 119 cm³/mol. The Labute approximate surface area is 178 Å². The standard InChI is InChI=1S/C24H45FN4/c1-21(2)18-23(6-7-23)19-28-12-8-24(25,9-13-28)20-27-10-4-22(5-11-27)29-16-14-26(3)15-17-29/h21-22H,4-20H2,1-3H3. The minimum atomic E-state index is -0.952. The fourth-order valence-electron chi connectivity index (χ4n) is 6.24. The number of alkyl halides is 1. The number of piperidine rings is 2. The summed E-state index contributed by atoms with van der Waals surface area (Å²) in [4.78, 5) is 10.1. The summed E-state index contributed by atoms with van der Waals surface area (Å²) in [7, 11) is 2.22. The Bertz CT molecular complexity index is 511. The van der Waals surface area contributed by atoms with Crippen molar-refractivity contribution < 1.29 is 4.39 Å². The molecule has 4 fully saturated rings. The maximum atomic E-state index is 15.6. The van der Waals surface area contributed by atoms with Gasteiger partial charge < -0.3 is 14.7 Å². The van der Waals surface area contributed by atoms with E-state index in [1.54, 1.807) is 0 Å². The van der Waals surface area contributed by atoms with Crippen LogP contribution in [-0.4, -0.2) is 104 Å². The molecule has 1 aliphatic carbocycles. The van der Waals surface area contributed by atoms with Crippen LogP contribution in [-0.2, 0) is 0 Å². The minimum absolute atomic E-state index is 0.579. The van der Waals surface area contributed by atoms with Crippen molar-refractivity contribution in [1.29, 1.82) is 0 Å². The number of rotatable bonds is 7. The van der Waals surface area contributed by atoms with E-state index in [2.05, 4.69) is 40.5 Å². The van der Waals surface area contributed by atoms with Gasteiger partial charge in [0.15, 0.2) is 0 Å². The predicted octanol–water partition coefficient (Wildman–Crippen LogP) is 3.33. The van der Waals surface area contributed by atoms with Gasteiger partial charge in [0.25, 0.3) is 0 Å². The van der Waals surface area contributed by atoms with Crippen molar-refractivity contribution in [3.05, 3.63) is 0 Å². The first kappa shape index (κ1) is 22.0. The van der Waals surface area contributed by atoms with Crippen molar-refractivity contribution in [3.63, 3.8) is 0 Å². The topological polar surface area (TPSA) is 13.0 Å². The minimum Gasteiger partial charge on any atom is -0.304 e. The van der Waals surface area contributed by atoms with Crippen LogP contribution in [0.3, 0.4) is 0 Å². The van der Waals surface area contributed by atoms with Crippen molar-refractivity contribution in [2.45, 2.75) is 70.5 Å². The molecule has 4 aliphatic rings. The molecule has 0 amide bonds. The summed E-state index contributed by atoms with van der Waals surface area (Å²) in [5.74, 6) is 0.788. The van der Waals surface area contributed by atoms with E-state index in [-0.39, 0.29) is 0 Å². The van der Waals surface area contributed by atoms with Crippen LogP contribution in [0.1, 0.15) is 58.8 Å². The van der Waals surface area contributed by atoms with Crippen molar-refractivity contribution in [3.8, 4) is 0 Å². The monoisotopic (exact) mass is 408 g/mol. The molecule has 0 radical (unpaired) electrons. The lowest BCUT2D eigenvalue weighted by atomic mass is 9.89. The number of hydrogen-bond donors (Lipinski definition) is 0. The zero-order valence-electron chi connectivity index (χ0n) is 19.3. The molecule has 4 rings (SSSR count). The number of piperazine rings is 1. The SMILES string of the molecule is CC(C)CC1(CN2CCC(F)(CN3CCC(N4CCN(C)CC4)CC3)CC2)CC1. The lowest BCUT2D eigenvalue weighted by Crippen LogP contribution is -2.54. The van der Waals surface area contributed by atoms with Crippen LogP contribution in [0.5, 0.6) is 0 Å². The van der Waals surface area contributed by atoms with Gasteiger partial charge in [-0.3, -0.25) is 4.90 Å². The molecular formula is C24H45FN4. The number of halogens is 1. The third kappa shape index (κ3) is 5.93. The molecule has 3 heterocycles. The molecular weight excluding hydrogens is 363 g/mol. The van der Waals surface area contributed by atoms with E-state index < -0.39 is 5.67 Å². The van der Waals surface area contributed by atoms with Crippen LogP contribution in [0.15, 0.2) is 0 Å². The molecule has 4 nitrogen and oxygen atoms in total. The van der Waals surface area contributed by atoms with E-state index in [9.17, 15) is 0 Å². The van der Waals surface area contributed by atoms with Crippen LogP contribution >= 0.6 is 0 Å². The molecule has 1 saturated carbocycles. The zero-order valence-corrected chi connectivity index (χ0v) is 19.3. The summed E-state index contributed by atoms with van der Waals surface area (Å²) in [5, 5.41) is 0. The van der Waals surface area contributed by atoms with Crippen molar-refractivity contribution in [2.24, 2.45) is 11.3 Å². The summed E-state index contributed by atoms with van der Waals surface area (Å²) < 4.78 is 15.6. The highest BCUT2D eigenvalue weighted by molar-refractivity contribution is 4.98. The third-order valence-electron chi connectivity index (χ3n) is 8.23. The average Bonchev–Trinajstić information content (AvgIpc) is 3.43. The molecule has 3 aliphatic heterocycles. The van der Waals surface area contributed by atoms with Crippen molar-refractivity contribution in [2.75, 3.05) is 72.5 Å². The smallest absolute Gasteiger partial charge is 0.126 e. The molecule has 168 valence electrons. The van der Waals surface area contributed by atoms with Gasteiger partial charge in [-0.15, -0.1) is 0 Å². The number of hydrogen-bond acceptors (Lipinski definition) is 4. The maximum Gasteiger partial charge on any atom is 0.126 e. The van der Waals surface area contributed by atoms with Crippen LogP contribution in [0.4, 0.5) is 4.39 Å². The van der Waals surface area contributed by atoms with Crippen LogP contribution in [0.25, 0.3) is 0 Å². The van der Waals surface area contributed by atoms with Crippen LogP contribution in [0.2, 0.25) is 0 Å². The van der Waals surface area contributed by atoms with Crippen LogP contribution in [0, 0.1) is 11.3 Å². The third-order valence-corrected chi connectivity index (χ3v) is 8.23. The fourth-order valence-corrected chi connectivity index (χ4v) is 6.24. The average molecular weight is 409 g/mol. The lowest BCUT2D eigenvalue weighted by Gasteiger charge is -2.44. The molecule has 29 heavy (non-hydrogen) atoms. The summed E-state index contributed by atoms with van der Waals surface area (Å²) in [6.45, 7) is 15.5. The summed E-state index contributed by atoms with van der Waals surface area (Å²) in [6, 6.07) is 0.730. The Hall–Kier alpha value is -0.230. The highest BCUT2D eigenvalue weighted by Crippen LogP contribution is 2.51. The van der Waals surface area contributed by atoms with E-state index >= 15 is 4.39 Å². The maximum absolute atomic E-state index is 15.6. The molecule has 0 spiro atoms. The highest BCUT2D eigenvalue weighted by Gasteiger charge is 2.45. The van der Waals surface area contributed by atoms with Gasteiger partial charge in [0, 0.05) is 58.4 Å². The Morgan fingerprint density at radius 3 is 1.93 bits per heavy atom. The molecule has 0 unspecified atom stereocenters. The molecule has 0 aromatic carbocycles. The second-order valence-electron chi connectivity index (χ2n) is 11.4. The molecule has 0 atom stereocenters. The second kappa shape index (κ2) is 9.10. The van der Waals surface area contributed by atoms with Gasteiger partial charge in [0.1, 0.15) is 5.67 Å². The Kier molecular flexibility index (Phi) is 6.90. The normalized spacial score (nSPS) is 30.1. The Morgan fingerprint density at radius 1 is 0.793 bits per heavy atom. The van der Waals surface area contributed by atoms with Crippen molar-refractivity contribution >= 4 is 0 Å². The Balaban J connectivity index is 1.17. The van der Waals surface area contributed by atoms with Gasteiger partial charge in [0.2, 0.25) is 0 Å². The van der Waals surface area contributed by atoms with E-state index in [1.807, 2.05) is 0 Å². The fraction of sp³-hybridized carbons (Fsp3) is 1.00. The quantitative estimate of drug-likeness (QED) is 0.641. The molecule has 5 heteroatoms. The first-order valence-electron chi connectivity index (χ1n) is 12.4.